The molecule has 3 rings (SSSR count). The number of nitrogens with zero attached hydrogens (tertiary/aromatic N) is 5. The Hall–Kier alpha value is -1.71. The first kappa shape index (κ1) is 44.7. The van der Waals surface area contributed by atoms with Gasteiger partial charge in [0.2, 0.25) is 5.91 Å². The maximum Gasteiger partial charge on any atom is 0.319 e. The number of Topliss-reactive ketones (excluding diaryl/α,β-unsaturated/α-hetero) is 1. The molecule has 0 aromatic rings. The van der Waals surface area contributed by atoms with Crippen molar-refractivity contribution < 1.29 is 38.4 Å². The Morgan fingerprint density at radius 1 is 0.981 bits per heavy atom. The molecule has 13 heteroatoms. The predicted octanol–water partition coefficient (Wildman–Crippen LogP) is 2.44. The van der Waals surface area contributed by atoms with Gasteiger partial charge in [0.25, 0.3) is 0 Å². The Balaban J connectivity index is 1.87. The number of carbonyl (C=O) groups excluding carboxylic acids is 3. The third-order valence-electron chi connectivity index (χ3n) is 11.7. The molecule has 1 N–H and O–H groups in total. The van der Waals surface area contributed by atoms with Gasteiger partial charge in [-0.1, -0.05) is 13.8 Å². The van der Waals surface area contributed by atoms with Crippen molar-refractivity contribution in [3.05, 3.63) is 0 Å². The minimum Gasteiger partial charge on any atom is -0.465 e. The molecular weight excluding hydrogens is 666 g/mol. The summed E-state index contributed by atoms with van der Waals surface area (Å²) in [6, 6.07) is -0.0237. The van der Waals surface area contributed by atoms with E-state index in [2.05, 4.69) is 35.7 Å². The van der Waals surface area contributed by atoms with E-state index in [4.69, 9.17) is 18.9 Å². The fraction of sp³-hybridized carbons (Fsp3) is 0.923. The van der Waals surface area contributed by atoms with Crippen LogP contribution >= 0.6 is 0 Å². The zero-order valence-corrected chi connectivity index (χ0v) is 34.6. The Kier molecular flexibility index (Phi) is 17.0. The Bertz CT molecular complexity index is 1150. The van der Waals surface area contributed by atoms with Crippen molar-refractivity contribution in [3.63, 3.8) is 0 Å². The molecule has 0 spiro atoms. The van der Waals surface area contributed by atoms with E-state index in [9.17, 15) is 19.5 Å². The summed E-state index contributed by atoms with van der Waals surface area (Å²) in [6.45, 7) is 17.5. The number of ketones is 1. The molecule has 0 radical (unpaired) electrons. The van der Waals surface area contributed by atoms with Crippen LogP contribution in [0.1, 0.15) is 73.6 Å². The first-order chi connectivity index (χ1) is 24.3. The monoisotopic (exact) mass is 740 g/mol. The van der Waals surface area contributed by atoms with Gasteiger partial charge in [0.15, 0.2) is 12.1 Å². The molecule has 9 atom stereocenters. The molecule has 3 fully saturated rings. The van der Waals surface area contributed by atoms with Gasteiger partial charge in [-0.2, -0.15) is 0 Å². The predicted molar refractivity (Wildman–Crippen MR) is 202 cm³/mol. The molecule has 0 aromatic heterocycles. The van der Waals surface area contributed by atoms with Crippen LogP contribution in [-0.4, -0.2) is 185 Å². The Morgan fingerprint density at radius 2 is 1.63 bits per heavy atom. The van der Waals surface area contributed by atoms with Crippen molar-refractivity contribution in [3.8, 4) is 0 Å². The second-order valence-corrected chi connectivity index (χ2v) is 17.3. The fourth-order valence-corrected chi connectivity index (χ4v) is 8.43. The number of esters is 1. The highest BCUT2D eigenvalue weighted by Gasteiger charge is 2.51. The minimum atomic E-state index is -1.46. The number of aliphatic hydroxyl groups is 1. The lowest BCUT2D eigenvalue weighted by Crippen LogP contribution is -2.57. The van der Waals surface area contributed by atoms with Crippen molar-refractivity contribution in [1.29, 1.82) is 0 Å². The summed E-state index contributed by atoms with van der Waals surface area (Å²) < 4.78 is 25.0. The van der Waals surface area contributed by atoms with Crippen LogP contribution in [0, 0.1) is 23.2 Å². The van der Waals surface area contributed by atoms with Gasteiger partial charge in [-0.25, -0.2) is 0 Å². The maximum absolute atomic E-state index is 14.4. The summed E-state index contributed by atoms with van der Waals surface area (Å²) in [5, 5.41) is 11.5. The smallest absolute Gasteiger partial charge is 0.319 e. The van der Waals surface area contributed by atoms with Gasteiger partial charge in [-0.3, -0.25) is 19.3 Å². The molecule has 0 aliphatic carbocycles. The van der Waals surface area contributed by atoms with Crippen LogP contribution in [0.15, 0.2) is 0 Å². The van der Waals surface area contributed by atoms with Gasteiger partial charge in [0, 0.05) is 71.3 Å². The van der Waals surface area contributed by atoms with Crippen molar-refractivity contribution in [2.45, 2.75) is 110 Å². The molecule has 302 valence electrons. The number of aliphatic hydroxyl groups excluding tert-OH is 1. The van der Waals surface area contributed by atoms with E-state index >= 15 is 0 Å². The van der Waals surface area contributed by atoms with Gasteiger partial charge in [-0.05, 0) is 100 Å². The molecule has 52 heavy (non-hydrogen) atoms. The molecule has 3 aliphatic heterocycles. The fourth-order valence-electron chi connectivity index (χ4n) is 8.43. The summed E-state index contributed by atoms with van der Waals surface area (Å²) >= 11 is 0. The highest BCUT2D eigenvalue weighted by atomic mass is 16.7. The van der Waals surface area contributed by atoms with Crippen molar-refractivity contribution in [2.24, 2.45) is 23.2 Å². The maximum atomic E-state index is 14.4. The number of rotatable bonds is 8. The number of hydrogen-bond acceptors (Lipinski definition) is 12. The van der Waals surface area contributed by atoms with Crippen LogP contribution in [0.25, 0.3) is 0 Å². The van der Waals surface area contributed by atoms with Crippen molar-refractivity contribution in [1.82, 2.24) is 24.5 Å². The van der Waals surface area contributed by atoms with Crippen LogP contribution in [0.2, 0.25) is 0 Å². The summed E-state index contributed by atoms with van der Waals surface area (Å²) in [7, 11) is 11.7. The summed E-state index contributed by atoms with van der Waals surface area (Å²) in [6.07, 6.45) is 0.383. The number of likely N-dealkylation sites (N-methyl/N-ethyl adjacent to an activating group) is 2. The lowest BCUT2D eigenvalue weighted by atomic mass is 9.74. The lowest BCUT2D eigenvalue weighted by molar-refractivity contribution is -0.297. The second-order valence-electron chi connectivity index (χ2n) is 17.3. The van der Waals surface area contributed by atoms with Crippen molar-refractivity contribution >= 4 is 17.7 Å². The molecule has 3 saturated heterocycles. The number of carbonyl (C=O) groups is 3. The van der Waals surface area contributed by atoms with Gasteiger partial charge >= 0.3 is 5.97 Å². The molecule has 0 saturated carbocycles. The number of piperazine rings is 1. The number of amides is 1. The van der Waals surface area contributed by atoms with Crippen LogP contribution in [0.3, 0.4) is 0 Å². The average Bonchev–Trinajstić information content (AvgIpc) is 3.07. The quantitative estimate of drug-likeness (QED) is 0.291. The van der Waals surface area contributed by atoms with E-state index in [-0.39, 0.29) is 42.3 Å². The minimum absolute atomic E-state index is 0.0237. The van der Waals surface area contributed by atoms with Gasteiger partial charge in [0.1, 0.15) is 11.5 Å². The number of ether oxygens (including phenoxy) is 4. The molecule has 0 aromatic carbocycles. The average molecular weight is 740 g/mol. The number of methoxy groups -OCH3 is 1. The molecule has 13 nitrogen and oxygen atoms in total. The summed E-state index contributed by atoms with van der Waals surface area (Å²) in [5.74, 6) is -1.56. The van der Waals surface area contributed by atoms with Gasteiger partial charge in [0.05, 0.1) is 31.0 Å². The Labute approximate surface area is 314 Å². The van der Waals surface area contributed by atoms with E-state index in [0.717, 1.165) is 45.7 Å². The number of cyclic esters (lactones) is 1. The molecule has 0 bridgehead atoms. The van der Waals surface area contributed by atoms with Gasteiger partial charge in [-0.15, -0.1) is 0 Å². The molecule has 1 amide bonds. The van der Waals surface area contributed by atoms with E-state index in [1.54, 1.807) is 27.9 Å². The molecule has 3 aliphatic rings. The Morgan fingerprint density at radius 3 is 2.25 bits per heavy atom. The number of hydrogen-bond donors (Lipinski definition) is 1. The molecule has 3 heterocycles. The van der Waals surface area contributed by atoms with Gasteiger partial charge < -0.3 is 43.7 Å². The van der Waals surface area contributed by atoms with Crippen LogP contribution < -0.4 is 0 Å². The lowest BCUT2D eigenvalue weighted by Gasteiger charge is -2.46. The SMILES string of the molecule is CO[C@]1(C)C[C@@H](C)CN(C)CCC(N(C)C(=O)CN2CCN(C)CC2)CCCOC(=O)C(C)(C)C(=O)[C@H](C)[C@H]1O[C@@H]1O[C@H](C)C[C@H](CN(C)C)[C@H]1O. The third kappa shape index (κ3) is 12.1. The van der Waals surface area contributed by atoms with Crippen LogP contribution in [-0.2, 0) is 33.3 Å². The zero-order valence-electron chi connectivity index (χ0n) is 34.6. The van der Waals surface area contributed by atoms with E-state index in [1.165, 1.54) is 0 Å². The van der Waals surface area contributed by atoms with E-state index < -0.39 is 41.4 Å². The largest absolute Gasteiger partial charge is 0.465 e. The van der Waals surface area contributed by atoms with E-state index in [0.29, 0.717) is 38.8 Å². The summed E-state index contributed by atoms with van der Waals surface area (Å²) in [4.78, 5) is 52.2. The van der Waals surface area contributed by atoms with Crippen LogP contribution in [0.4, 0.5) is 0 Å². The van der Waals surface area contributed by atoms with Crippen LogP contribution in [0.5, 0.6) is 0 Å². The summed E-state index contributed by atoms with van der Waals surface area (Å²) in [5.41, 5.74) is -2.43. The first-order valence-corrected chi connectivity index (χ1v) is 19.5. The second kappa shape index (κ2) is 19.7. The molecule has 1 unspecified atom stereocenters. The van der Waals surface area contributed by atoms with Crippen molar-refractivity contribution in [2.75, 3.05) is 101 Å². The third-order valence-corrected chi connectivity index (χ3v) is 11.7. The normalized spacial score (nSPS) is 36.0. The first-order valence-electron chi connectivity index (χ1n) is 19.5. The standard InChI is InChI=1S/C39H73N5O8/c1-27-23-39(6,49-12)35(52-36-33(46)30(25-40(7)8)22-28(2)51-36)29(3)34(47)38(4,5)37(48)50-21-13-14-31(15-16-42(10)24-27)43(11)32(45)26-44-19-17-41(9)18-20-44/h27-31,33,35-36,46H,13-26H2,1-12H3/t27-,28-,29+,30-,31?,33-,35-,36+,39-/m1/s1. The van der Waals surface area contributed by atoms with E-state index in [1.807, 2.05) is 44.8 Å². The highest BCUT2D eigenvalue weighted by Crippen LogP contribution is 2.38. The molecular formula is C39H73N5O8. The topological polar surface area (TPSA) is 125 Å². The highest BCUT2D eigenvalue weighted by molar-refractivity contribution is 6.04. The zero-order chi connectivity index (χ0) is 39.0.